The van der Waals surface area contributed by atoms with Crippen LogP contribution < -0.4 is 5.73 Å². The molecule has 1 aromatic rings. The predicted octanol–water partition coefficient (Wildman–Crippen LogP) is 0.215. The first-order chi connectivity index (χ1) is 7.43. The molecule has 0 saturated carbocycles. The van der Waals surface area contributed by atoms with Gasteiger partial charge in [-0.25, -0.2) is 4.79 Å². The van der Waals surface area contributed by atoms with E-state index >= 15 is 0 Å². The van der Waals surface area contributed by atoms with Crippen LogP contribution in [0.1, 0.15) is 5.56 Å². The fourth-order valence-corrected chi connectivity index (χ4v) is 0.955. The molecule has 0 fully saturated rings. The molecule has 0 unspecified atom stereocenters. The molecule has 0 saturated heterocycles. The average molecular weight is 251 g/mol. The van der Waals surface area contributed by atoms with Gasteiger partial charge in [-0.1, -0.05) is 30.3 Å². The number of carbonyl (C=O) groups is 2. The molecule has 90 valence electrons. The van der Waals surface area contributed by atoms with E-state index in [0.717, 1.165) is 5.56 Å². The van der Waals surface area contributed by atoms with Crippen LogP contribution in [0.15, 0.2) is 30.3 Å². The molecule has 0 aliphatic heterocycles. The summed E-state index contributed by atoms with van der Waals surface area (Å²) in [6.45, 7) is 0. The second-order valence-electron chi connectivity index (χ2n) is 2.92. The average Bonchev–Trinajstić information content (AvgIpc) is 2.18. The van der Waals surface area contributed by atoms with Gasteiger partial charge in [0.15, 0.2) is 0 Å². The third-order valence-corrected chi connectivity index (χ3v) is 1.62. The Labute approximate surface area is 120 Å². The van der Waals surface area contributed by atoms with Crippen molar-refractivity contribution in [1.29, 1.82) is 0 Å². The Hall–Kier alpha value is -1.08. The van der Waals surface area contributed by atoms with E-state index in [1.54, 1.807) is 0 Å². The number of hydrogen-bond acceptors (Lipinski definition) is 3. The van der Waals surface area contributed by atoms with Gasteiger partial charge < -0.3 is 21.1 Å². The molecule has 6 nitrogen and oxygen atoms in total. The van der Waals surface area contributed by atoms with Gasteiger partial charge in [-0.2, -0.15) is 0 Å². The monoisotopic (exact) mass is 251 g/mol. The van der Waals surface area contributed by atoms with Crippen LogP contribution in [-0.2, 0) is 11.2 Å². The van der Waals surface area contributed by atoms with Crippen LogP contribution in [0.3, 0.4) is 0 Å². The van der Waals surface area contributed by atoms with Gasteiger partial charge in [0.25, 0.3) is 0 Å². The molecule has 7 heteroatoms. The fourth-order valence-electron chi connectivity index (χ4n) is 0.955. The summed E-state index contributed by atoms with van der Waals surface area (Å²) in [5, 5.41) is 22.5. The predicted molar refractivity (Wildman–Crippen MR) is 63.6 cm³/mol. The van der Waals surface area contributed by atoms with Crippen molar-refractivity contribution < 1.29 is 24.9 Å². The first-order valence-electron chi connectivity index (χ1n) is 4.37. The maximum absolute atomic E-state index is 10.4. The number of benzene rings is 1. The van der Waals surface area contributed by atoms with Crippen molar-refractivity contribution in [2.24, 2.45) is 5.73 Å². The molecule has 5 N–H and O–H groups in total. The Kier molecular flexibility index (Phi) is 10.9. The molecule has 0 bridgehead atoms. The van der Waals surface area contributed by atoms with Crippen molar-refractivity contribution in [3.05, 3.63) is 35.9 Å². The van der Waals surface area contributed by atoms with Gasteiger partial charge in [0, 0.05) is 0 Å². The molecule has 0 aromatic heterocycles. The van der Waals surface area contributed by atoms with Crippen LogP contribution in [0.4, 0.5) is 4.79 Å². The van der Waals surface area contributed by atoms with Crippen molar-refractivity contribution in [3.8, 4) is 0 Å². The molecule has 0 aliphatic rings. The molecule has 1 atom stereocenters. The van der Waals surface area contributed by atoms with Gasteiger partial charge >= 0.3 is 41.7 Å². The van der Waals surface area contributed by atoms with E-state index < -0.39 is 18.2 Å². The fraction of sp³-hybridized carbons (Fsp3) is 0.200. The maximum atomic E-state index is 10.4. The zero-order valence-corrected chi connectivity index (χ0v) is 8.41. The Morgan fingerprint density at radius 3 is 1.88 bits per heavy atom. The Morgan fingerprint density at radius 1 is 1.12 bits per heavy atom. The molecule has 17 heavy (non-hydrogen) atoms. The molecule has 0 radical (unpaired) electrons. The number of hydrogen-bond donors (Lipinski definition) is 4. The molecule has 1 rings (SSSR count). The molecular formula is C10H14NNaO5. The van der Waals surface area contributed by atoms with Gasteiger partial charge in [0.05, 0.1) is 0 Å². The van der Waals surface area contributed by atoms with Crippen molar-refractivity contribution in [1.82, 2.24) is 0 Å². The van der Waals surface area contributed by atoms with E-state index in [0.29, 0.717) is 6.42 Å². The summed E-state index contributed by atoms with van der Waals surface area (Å²) in [6.07, 6.45) is -1.45. The summed E-state index contributed by atoms with van der Waals surface area (Å²) in [5.74, 6) is -0.959. The molecule has 0 aliphatic carbocycles. The van der Waals surface area contributed by atoms with Crippen LogP contribution in [0.5, 0.6) is 0 Å². The second kappa shape index (κ2) is 10.1. The number of rotatable bonds is 3. The van der Waals surface area contributed by atoms with Gasteiger partial charge in [-0.3, -0.25) is 4.79 Å². The van der Waals surface area contributed by atoms with Gasteiger partial charge in [-0.05, 0) is 12.0 Å². The number of aliphatic carboxylic acids is 1. The summed E-state index contributed by atoms with van der Waals surface area (Å²) >= 11 is 0. The molecular weight excluding hydrogens is 237 g/mol. The number of carboxylic acid groups (broad SMARTS) is 3. The normalized spacial score (nSPS) is 10.2. The van der Waals surface area contributed by atoms with E-state index in [9.17, 15) is 4.79 Å². The van der Waals surface area contributed by atoms with Crippen molar-refractivity contribution in [2.45, 2.75) is 12.5 Å². The topological polar surface area (TPSA) is 121 Å². The van der Waals surface area contributed by atoms with E-state index in [1.807, 2.05) is 30.3 Å². The van der Waals surface area contributed by atoms with Crippen LogP contribution in [0.2, 0.25) is 0 Å². The van der Waals surface area contributed by atoms with Crippen molar-refractivity contribution in [3.63, 3.8) is 0 Å². The van der Waals surface area contributed by atoms with E-state index in [1.165, 1.54) is 0 Å². The standard InChI is InChI=1S/C9H11NO2.CH2O3.Na.H/c10-8(9(11)12)6-7-4-2-1-3-5-7;2-1(3)4;;/h1-5,8H,6,10H2,(H,11,12);(H2,2,3,4);;/t8-;;;/m1.../s1. The number of nitrogens with two attached hydrogens (primary N) is 1. The summed E-state index contributed by atoms with van der Waals surface area (Å²) in [5.41, 5.74) is 6.30. The summed E-state index contributed by atoms with van der Waals surface area (Å²) in [6, 6.07) is 8.54. The first-order valence-corrected chi connectivity index (χ1v) is 4.37. The SMILES string of the molecule is N[C@H](Cc1ccccc1)C(=O)O.O=C(O)O.[NaH]. The zero-order chi connectivity index (χ0) is 12.6. The Balaban J connectivity index is 0. The second-order valence-corrected chi connectivity index (χ2v) is 2.92. The van der Waals surface area contributed by atoms with Crippen LogP contribution in [0, 0.1) is 0 Å². The van der Waals surface area contributed by atoms with E-state index in [-0.39, 0.29) is 29.6 Å². The van der Waals surface area contributed by atoms with Crippen LogP contribution >= 0.6 is 0 Å². The summed E-state index contributed by atoms with van der Waals surface area (Å²) in [4.78, 5) is 18.9. The molecule has 0 amide bonds. The third kappa shape index (κ3) is 11.2. The van der Waals surface area contributed by atoms with Crippen molar-refractivity contribution >= 4 is 41.7 Å². The Morgan fingerprint density at radius 2 is 1.53 bits per heavy atom. The molecule has 0 spiro atoms. The van der Waals surface area contributed by atoms with Gasteiger partial charge in [-0.15, -0.1) is 0 Å². The van der Waals surface area contributed by atoms with E-state index in [4.69, 9.17) is 25.8 Å². The quantitative estimate of drug-likeness (QED) is 0.570. The molecule has 1 aromatic carbocycles. The first kappa shape index (κ1) is 18.3. The van der Waals surface area contributed by atoms with Crippen molar-refractivity contribution in [2.75, 3.05) is 0 Å². The van der Waals surface area contributed by atoms with E-state index in [2.05, 4.69) is 0 Å². The summed E-state index contributed by atoms with van der Waals surface area (Å²) < 4.78 is 0. The third-order valence-electron chi connectivity index (χ3n) is 1.62. The number of carboxylic acids is 1. The van der Waals surface area contributed by atoms with Crippen LogP contribution in [-0.4, -0.2) is 63.0 Å². The van der Waals surface area contributed by atoms with Crippen LogP contribution in [0.25, 0.3) is 0 Å². The minimum atomic E-state index is -1.83. The van der Waals surface area contributed by atoms with Gasteiger partial charge in [0.1, 0.15) is 6.04 Å². The zero-order valence-electron chi connectivity index (χ0n) is 8.41. The van der Waals surface area contributed by atoms with Gasteiger partial charge in [0.2, 0.25) is 0 Å². The minimum absolute atomic E-state index is 0. The summed E-state index contributed by atoms with van der Waals surface area (Å²) in [7, 11) is 0. The molecule has 0 heterocycles. The Bertz CT molecular complexity index is 340.